The van der Waals surface area contributed by atoms with Gasteiger partial charge in [-0.15, -0.1) is 6.58 Å². The fourth-order valence-corrected chi connectivity index (χ4v) is 1.48. The fraction of sp³-hybridized carbons (Fsp3) is 0.647. The zero-order valence-electron chi connectivity index (χ0n) is 15.4. The van der Waals surface area contributed by atoms with Gasteiger partial charge in [0, 0.05) is 0 Å². The normalized spacial score (nSPS) is 9.32. The van der Waals surface area contributed by atoms with Gasteiger partial charge in [0.25, 0.3) is 0 Å². The maximum absolute atomic E-state index is 11.3. The van der Waals surface area contributed by atoms with Crippen LogP contribution < -0.4 is 0 Å². The molecule has 8 nitrogen and oxygen atoms in total. The minimum absolute atomic E-state index is 0.248. The lowest BCUT2D eigenvalue weighted by atomic mass is 10.1. The maximum atomic E-state index is 11.3. The van der Waals surface area contributed by atoms with Crippen LogP contribution in [0.5, 0.6) is 0 Å². The summed E-state index contributed by atoms with van der Waals surface area (Å²) in [6.07, 6.45) is 1.46. The summed E-state index contributed by atoms with van der Waals surface area (Å²) in [6.45, 7) is 11.3. The minimum atomic E-state index is -0.868. The monoisotopic (exact) mass is 360 g/mol. The van der Waals surface area contributed by atoms with Crippen molar-refractivity contribution in [2.75, 3.05) is 26.4 Å². The van der Waals surface area contributed by atoms with Crippen molar-refractivity contribution in [2.45, 2.75) is 40.5 Å². The third kappa shape index (κ3) is 13.7. The first-order chi connectivity index (χ1) is 11.9. The fourth-order valence-electron chi connectivity index (χ4n) is 1.48. The lowest BCUT2D eigenvalue weighted by Crippen LogP contribution is -2.27. The van der Waals surface area contributed by atoms with E-state index in [9.17, 15) is 19.2 Å². The van der Waals surface area contributed by atoms with Gasteiger partial charge in [0.1, 0.15) is 6.42 Å². The lowest BCUT2D eigenvalue weighted by molar-refractivity contribution is -0.161. The zero-order chi connectivity index (χ0) is 19.7. The third-order valence-corrected chi connectivity index (χ3v) is 2.44. The Kier molecular flexibility index (Phi) is 16.4. The Morgan fingerprint density at radius 1 is 0.760 bits per heavy atom. The van der Waals surface area contributed by atoms with E-state index in [0.29, 0.717) is 0 Å². The van der Waals surface area contributed by atoms with Gasteiger partial charge in [0.15, 0.2) is 5.92 Å². The van der Waals surface area contributed by atoms with Crippen LogP contribution in [0, 0.1) is 5.92 Å². The second-order valence-electron chi connectivity index (χ2n) is 4.37. The van der Waals surface area contributed by atoms with Crippen LogP contribution in [0.25, 0.3) is 0 Å². The summed E-state index contributed by atoms with van der Waals surface area (Å²) < 4.78 is 18.5. The molecular formula is C17H28O8. The van der Waals surface area contributed by atoms with Gasteiger partial charge in [-0.25, -0.2) is 0 Å². The molecule has 0 saturated carbocycles. The van der Waals surface area contributed by atoms with Crippen LogP contribution >= 0.6 is 0 Å². The van der Waals surface area contributed by atoms with Gasteiger partial charge < -0.3 is 18.9 Å². The number of allylic oxidation sites excluding steroid dienone is 1. The molecule has 0 atom stereocenters. The molecule has 0 aromatic carbocycles. The molecule has 0 heterocycles. The van der Waals surface area contributed by atoms with E-state index in [1.165, 1.54) is 6.08 Å². The molecule has 0 aromatic heterocycles. The summed E-state index contributed by atoms with van der Waals surface area (Å²) in [6, 6.07) is 0. The standard InChI is InChI=1S/C10H16O4.C7H12O4/c1-4-7-8(9(11)13-5-2)10(12)14-6-3;1-3-10-6(8)5-7(9)11-4-2/h4,8H,1,5-7H2,2-3H3;3-5H2,1-2H3. The van der Waals surface area contributed by atoms with Crippen molar-refractivity contribution >= 4 is 23.9 Å². The van der Waals surface area contributed by atoms with E-state index in [2.05, 4.69) is 16.1 Å². The molecule has 0 aromatic rings. The molecule has 0 unspecified atom stereocenters. The number of esters is 4. The van der Waals surface area contributed by atoms with Crippen LogP contribution in [-0.2, 0) is 38.1 Å². The Hall–Kier alpha value is -2.38. The molecule has 0 amide bonds. The van der Waals surface area contributed by atoms with Gasteiger partial charge in [-0.1, -0.05) is 6.08 Å². The summed E-state index contributed by atoms with van der Waals surface area (Å²) in [5, 5.41) is 0. The molecule has 144 valence electrons. The summed E-state index contributed by atoms with van der Waals surface area (Å²) in [5.41, 5.74) is 0. The smallest absolute Gasteiger partial charge is 0.320 e. The number of hydrogen-bond donors (Lipinski definition) is 0. The second-order valence-corrected chi connectivity index (χ2v) is 4.37. The van der Waals surface area contributed by atoms with Crippen LogP contribution in [0.1, 0.15) is 40.5 Å². The summed E-state index contributed by atoms with van der Waals surface area (Å²) in [4.78, 5) is 43.8. The molecule has 0 fully saturated rings. The molecular weight excluding hydrogens is 332 g/mol. The highest BCUT2D eigenvalue weighted by molar-refractivity contribution is 5.95. The molecule has 0 aliphatic carbocycles. The first-order valence-electron chi connectivity index (χ1n) is 8.13. The molecule has 0 spiro atoms. The number of rotatable bonds is 10. The van der Waals surface area contributed by atoms with Crippen molar-refractivity contribution < 1.29 is 38.1 Å². The quantitative estimate of drug-likeness (QED) is 0.251. The van der Waals surface area contributed by atoms with Crippen molar-refractivity contribution in [3.05, 3.63) is 12.7 Å². The second kappa shape index (κ2) is 16.5. The van der Waals surface area contributed by atoms with Crippen molar-refractivity contribution in [1.82, 2.24) is 0 Å². The van der Waals surface area contributed by atoms with Gasteiger partial charge in [-0.2, -0.15) is 0 Å². The number of ether oxygens (including phenoxy) is 4. The highest BCUT2D eigenvalue weighted by Gasteiger charge is 2.27. The Morgan fingerprint density at radius 3 is 1.40 bits per heavy atom. The van der Waals surface area contributed by atoms with Crippen LogP contribution in [0.15, 0.2) is 12.7 Å². The van der Waals surface area contributed by atoms with E-state index in [1.807, 2.05) is 0 Å². The highest BCUT2D eigenvalue weighted by Crippen LogP contribution is 2.09. The first kappa shape index (κ1) is 24.9. The van der Waals surface area contributed by atoms with E-state index in [4.69, 9.17) is 9.47 Å². The molecule has 0 bridgehead atoms. The molecule has 25 heavy (non-hydrogen) atoms. The van der Waals surface area contributed by atoms with Crippen molar-refractivity contribution in [1.29, 1.82) is 0 Å². The summed E-state index contributed by atoms with van der Waals surface area (Å²) >= 11 is 0. The average Bonchev–Trinajstić information content (AvgIpc) is 2.53. The number of carbonyl (C=O) groups is 4. The Bertz CT molecular complexity index is 396. The van der Waals surface area contributed by atoms with Crippen LogP contribution in [0.3, 0.4) is 0 Å². The zero-order valence-corrected chi connectivity index (χ0v) is 15.4. The predicted molar refractivity (Wildman–Crippen MR) is 89.5 cm³/mol. The van der Waals surface area contributed by atoms with Gasteiger partial charge in [0.05, 0.1) is 26.4 Å². The van der Waals surface area contributed by atoms with Crippen molar-refractivity contribution in [3.63, 3.8) is 0 Å². The largest absolute Gasteiger partial charge is 0.466 e. The number of hydrogen-bond acceptors (Lipinski definition) is 8. The van der Waals surface area contributed by atoms with E-state index in [0.717, 1.165) is 0 Å². The first-order valence-corrected chi connectivity index (χ1v) is 8.13. The maximum Gasteiger partial charge on any atom is 0.320 e. The van der Waals surface area contributed by atoms with Crippen molar-refractivity contribution in [2.24, 2.45) is 5.92 Å². The highest BCUT2D eigenvalue weighted by atomic mass is 16.6. The van der Waals surface area contributed by atoms with Gasteiger partial charge in [-0.05, 0) is 34.1 Å². The Morgan fingerprint density at radius 2 is 1.12 bits per heavy atom. The Labute approximate surface area is 148 Å². The Balaban J connectivity index is 0. The molecule has 0 saturated heterocycles. The van der Waals surface area contributed by atoms with E-state index < -0.39 is 29.8 Å². The van der Waals surface area contributed by atoms with Gasteiger partial charge >= 0.3 is 23.9 Å². The van der Waals surface area contributed by atoms with E-state index in [-0.39, 0.29) is 39.3 Å². The topological polar surface area (TPSA) is 105 Å². The molecule has 0 N–H and O–H groups in total. The lowest BCUT2D eigenvalue weighted by Gasteiger charge is -2.11. The molecule has 0 aliphatic heterocycles. The molecule has 0 radical (unpaired) electrons. The molecule has 0 rings (SSSR count). The third-order valence-electron chi connectivity index (χ3n) is 2.44. The summed E-state index contributed by atoms with van der Waals surface area (Å²) in [5.74, 6) is -3.04. The van der Waals surface area contributed by atoms with Crippen LogP contribution in [-0.4, -0.2) is 50.3 Å². The van der Waals surface area contributed by atoms with Crippen LogP contribution in [0.2, 0.25) is 0 Å². The predicted octanol–water partition coefficient (Wildman–Crippen LogP) is 1.81. The van der Waals surface area contributed by atoms with Gasteiger partial charge in [-0.3, -0.25) is 19.2 Å². The van der Waals surface area contributed by atoms with Crippen LogP contribution in [0.4, 0.5) is 0 Å². The molecule has 0 aliphatic rings. The SMILES string of the molecule is C=CCC(C(=O)OCC)C(=O)OCC.CCOC(=O)CC(=O)OCC. The summed E-state index contributed by atoms with van der Waals surface area (Å²) in [7, 11) is 0. The van der Waals surface area contributed by atoms with E-state index >= 15 is 0 Å². The van der Waals surface area contributed by atoms with Crippen molar-refractivity contribution in [3.8, 4) is 0 Å². The van der Waals surface area contributed by atoms with Gasteiger partial charge in [0.2, 0.25) is 0 Å². The average molecular weight is 360 g/mol. The minimum Gasteiger partial charge on any atom is -0.466 e. The van der Waals surface area contributed by atoms with E-state index in [1.54, 1.807) is 27.7 Å². The molecule has 8 heteroatoms. The number of carbonyl (C=O) groups excluding carboxylic acids is 4.